The van der Waals surface area contributed by atoms with Gasteiger partial charge in [-0.2, -0.15) is 0 Å². The van der Waals surface area contributed by atoms with Crippen LogP contribution in [0.2, 0.25) is 0 Å². The van der Waals surface area contributed by atoms with Gasteiger partial charge in [-0.1, -0.05) is 13.8 Å². The van der Waals surface area contributed by atoms with Gasteiger partial charge in [0.05, 0.1) is 6.61 Å². The molecule has 1 aliphatic carbocycles. The molecular weight excluding hydrogens is 260 g/mol. The number of hydrogen-bond donors (Lipinski definition) is 2. The molecule has 0 radical (unpaired) electrons. The number of aliphatic hydroxyl groups is 2. The summed E-state index contributed by atoms with van der Waals surface area (Å²) in [7, 11) is 0. The average Bonchev–Trinajstić information content (AvgIpc) is 2.65. The fraction of sp³-hybridized carbons (Fsp3) is 1.00. The van der Waals surface area contributed by atoms with E-state index in [9.17, 15) is 10.2 Å². The van der Waals surface area contributed by atoms with Crippen molar-refractivity contribution in [2.75, 3.05) is 6.61 Å². The smallest absolute Gasteiger partial charge is 0.198 e. The van der Waals surface area contributed by atoms with Crippen molar-refractivity contribution >= 4 is 0 Å². The van der Waals surface area contributed by atoms with Gasteiger partial charge in [-0.3, -0.25) is 0 Å². The highest BCUT2D eigenvalue weighted by molar-refractivity contribution is 5.04. The standard InChI is InChI=1S/C15H26O5/c1-9-4-5-12(10(2)13(16)17)15-8-18-14(3,19-20-15)7-6-11(9)15/h9-13,16-17H,4-8H2,1-3H3/t9-,10-,11?,12+,14+,15-/m1/s1. The number of hydrogen-bond acceptors (Lipinski definition) is 5. The van der Waals surface area contributed by atoms with E-state index in [4.69, 9.17) is 14.5 Å². The Bertz CT molecular complexity index is 361. The quantitative estimate of drug-likeness (QED) is 0.598. The van der Waals surface area contributed by atoms with Crippen molar-refractivity contribution in [1.82, 2.24) is 0 Å². The highest BCUT2D eigenvalue weighted by atomic mass is 17.2. The van der Waals surface area contributed by atoms with E-state index in [-0.39, 0.29) is 11.8 Å². The summed E-state index contributed by atoms with van der Waals surface area (Å²) in [4.78, 5) is 11.5. The lowest BCUT2D eigenvalue weighted by molar-refractivity contribution is -0.518. The minimum Gasteiger partial charge on any atom is -0.368 e. The van der Waals surface area contributed by atoms with E-state index in [2.05, 4.69) is 6.92 Å². The van der Waals surface area contributed by atoms with Crippen molar-refractivity contribution in [2.45, 2.75) is 64.1 Å². The zero-order valence-corrected chi connectivity index (χ0v) is 12.5. The van der Waals surface area contributed by atoms with E-state index in [0.717, 1.165) is 25.7 Å². The lowest BCUT2D eigenvalue weighted by Gasteiger charge is -2.53. The minimum absolute atomic E-state index is 0.0475. The van der Waals surface area contributed by atoms with Crippen LogP contribution < -0.4 is 0 Å². The third-order valence-corrected chi connectivity index (χ3v) is 5.87. The Morgan fingerprint density at radius 3 is 2.50 bits per heavy atom. The van der Waals surface area contributed by atoms with Gasteiger partial charge in [0, 0.05) is 18.3 Å². The SMILES string of the molecule is C[C@@H]1CC[C@@H]([C@@H](C)C(O)O)[C@@]23CO[C@](C)(CCC12)OO3. The number of rotatable bonds is 2. The van der Waals surface area contributed by atoms with Crippen molar-refractivity contribution < 1.29 is 24.7 Å². The molecule has 1 spiro atoms. The summed E-state index contributed by atoms with van der Waals surface area (Å²) >= 11 is 0. The van der Waals surface area contributed by atoms with Crippen LogP contribution in [0.1, 0.15) is 46.5 Å². The molecule has 0 aromatic carbocycles. The third-order valence-electron chi connectivity index (χ3n) is 5.87. The van der Waals surface area contributed by atoms with Crippen LogP contribution in [-0.4, -0.2) is 34.5 Å². The number of ether oxygens (including phenoxy) is 1. The molecule has 3 heterocycles. The van der Waals surface area contributed by atoms with Gasteiger partial charge >= 0.3 is 0 Å². The summed E-state index contributed by atoms with van der Waals surface area (Å²) in [6.07, 6.45) is 2.51. The molecule has 20 heavy (non-hydrogen) atoms. The van der Waals surface area contributed by atoms with Crippen molar-refractivity contribution in [2.24, 2.45) is 23.7 Å². The molecule has 1 unspecified atom stereocenters. The van der Waals surface area contributed by atoms with Crippen LogP contribution in [0.4, 0.5) is 0 Å². The van der Waals surface area contributed by atoms with Gasteiger partial charge in [0.2, 0.25) is 0 Å². The second-order valence-corrected chi connectivity index (χ2v) is 7.12. The highest BCUT2D eigenvalue weighted by Gasteiger charge is 2.61. The molecule has 0 aromatic heterocycles. The first-order valence-corrected chi connectivity index (χ1v) is 7.75. The number of aliphatic hydroxyl groups excluding tert-OH is 1. The van der Waals surface area contributed by atoms with Crippen molar-refractivity contribution in [3.8, 4) is 0 Å². The molecule has 5 nitrogen and oxygen atoms in total. The fourth-order valence-electron chi connectivity index (χ4n) is 4.44. The Labute approximate surface area is 120 Å². The van der Waals surface area contributed by atoms with Gasteiger partial charge in [-0.25, -0.2) is 9.78 Å². The lowest BCUT2D eigenvalue weighted by atomic mass is 9.60. The van der Waals surface area contributed by atoms with Crippen LogP contribution >= 0.6 is 0 Å². The second-order valence-electron chi connectivity index (χ2n) is 7.12. The Morgan fingerprint density at radius 1 is 1.15 bits per heavy atom. The van der Waals surface area contributed by atoms with E-state index in [0.29, 0.717) is 18.4 Å². The molecule has 4 fully saturated rings. The topological polar surface area (TPSA) is 68.2 Å². The van der Waals surface area contributed by atoms with Gasteiger partial charge in [0.25, 0.3) is 0 Å². The zero-order chi connectivity index (χ0) is 14.5. The molecule has 0 aromatic rings. The minimum atomic E-state index is -1.33. The van der Waals surface area contributed by atoms with Crippen LogP contribution in [0.15, 0.2) is 0 Å². The van der Waals surface area contributed by atoms with Crippen molar-refractivity contribution in [1.29, 1.82) is 0 Å². The van der Waals surface area contributed by atoms with Crippen LogP contribution in [0.5, 0.6) is 0 Å². The normalized spacial score (nSPS) is 49.8. The largest absolute Gasteiger partial charge is 0.368 e. The zero-order valence-electron chi connectivity index (χ0n) is 12.5. The van der Waals surface area contributed by atoms with Crippen molar-refractivity contribution in [3.63, 3.8) is 0 Å². The van der Waals surface area contributed by atoms with E-state index in [1.165, 1.54) is 0 Å². The molecule has 116 valence electrons. The van der Waals surface area contributed by atoms with Gasteiger partial charge in [-0.05, 0) is 38.0 Å². The van der Waals surface area contributed by atoms with Crippen molar-refractivity contribution in [3.05, 3.63) is 0 Å². The molecule has 4 aliphatic rings. The first-order valence-electron chi connectivity index (χ1n) is 7.75. The lowest BCUT2D eigenvalue weighted by Crippen LogP contribution is -2.61. The Balaban J connectivity index is 1.95. The molecule has 2 bridgehead atoms. The molecule has 3 aliphatic heterocycles. The monoisotopic (exact) mass is 286 g/mol. The van der Waals surface area contributed by atoms with Crippen LogP contribution in [0.25, 0.3) is 0 Å². The van der Waals surface area contributed by atoms with E-state index >= 15 is 0 Å². The summed E-state index contributed by atoms with van der Waals surface area (Å²) in [5.41, 5.74) is -0.531. The molecule has 3 saturated heterocycles. The van der Waals surface area contributed by atoms with E-state index in [1.807, 2.05) is 13.8 Å². The Kier molecular flexibility index (Phi) is 3.62. The maximum atomic E-state index is 9.59. The van der Waals surface area contributed by atoms with E-state index in [1.54, 1.807) is 0 Å². The second kappa shape index (κ2) is 4.92. The summed E-state index contributed by atoms with van der Waals surface area (Å²) in [6, 6.07) is 0. The summed E-state index contributed by atoms with van der Waals surface area (Å²) < 4.78 is 5.95. The Hall–Kier alpha value is -0.200. The molecule has 0 amide bonds. The fourth-order valence-corrected chi connectivity index (χ4v) is 4.44. The van der Waals surface area contributed by atoms with Gasteiger partial charge in [0.15, 0.2) is 12.1 Å². The van der Waals surface area contributed by atoms with Crippen LogP contribution in [-0.2, 0) is 14.5 Å². The molecule has 6 atom stereocenters. The third kappa shape index (κ3) is 2.11. The van der Waals surface area contributed by atoms with Gasteiger partial charge in [-0.15, -0.1) is 0 Å². The molecular formula is C15H26O5. The highest BCUT2D eigenvalue weighted by Crippen LogP contribution is 2.55. The summed E-state index contributed by atoms with van der Waals surface area (Å²) in [5, 5.41) is 19.2. The van der Waals surface area contributed by atoms with Gasteiger partial charge < -0.3 is 14.9 Å². The van der Waals surface area contributed by atoms with Crippen LogP contribution in [0, 0.1) is 23.7 Å². The summed E-state index contributed by atoms with van der Waals surface area (Å²) in [6.45, 7) is 6.54. The molecule has 2 N–H and O–H groups in total. The summed E-state index contributed by atoms with van der Waals surface area (Å²) in [5.74, 6) is 0.0493. The average molecular weight is 286 g/mol. The number of fused-ring (bicyclic) bond motifs is 3. The van der Waals surface area contributed by atoms with E-state index < -0.39 is 17.7 Å². The Morgan fingerprint density at radius 2 is 1.90 bits per heavy atom. The van der Waals surface area contributed by atoms with Crippen LogP contribution in [0.3, 0.4) is 0 Å². The molecule has 4 rings (SSSR count). The maximum Gasteiger partial charge on any atom is 0.198 e. The predicted molar refractivity (Wildman–Crippen MR) is 71.3 cm³/mol. The van der Waals surface area contributed by atoms with Gasteiger partial charge in [0.1, 0.15) is 5.60 Å². The maximum absolute atomic E-state index is 9.59. The molecule has 5 heteroatoms. The molecule has 1 saturated carbocycles. The predicted octanol–water partition coefficient (Wildman–Crippen LogP) is 1.82. The first kappa shape index (κ1) is 14.7. The first-order chi connectivity index (χ1) is 9.38.